The first-order valence-electron chi connectivity index (χ1n) is 49.3. The van der Waals surface area contributed by atoms with E-state index in [1.54, 1.807) is 33.5 Å². The van der Waals surface area contributed by atoms with Gasteiger partial charge in [-0.05, 0) is 109 Å². The Morgan fingerprint density at radius 2 is 1.01 bits per heavy atom. The molecule has 4 N–H and O–H groups in total. The van der Waals surface area contributed by atoms with Crippen LogP contribution in [0.15, 0.2) is 56.1 Å². The molecule has 12 unspecified atom stereocenters. The Hall–Kier alpha value is -10.3. The molecule has 12 atom stereocenters. The van der Waals surface area contributed by atoms with E-state index in [1.807, 2.05) is 6.92 Å². The van der Waals surface area contributed by atoms with E-state index < -0.39 is 131 Å². The highest BCUT2D eigenvalue weighted by Gasteiger charge is 2.47. The average molecular weight is 2070 g/mol. The highest BCUT2D eigenvalue weighted by atomic mass is 32.5. The molecular formula is C103H170N13O20P3S2. The Kier molecular flexibility index (Phi) is 54.7. The van der Waals surface area contributed by atoms with Crippen LogP contribution in [0.4, 0.5) is 11.8 Å². The minimum absolute atomic E-state index is 0. The number of anilines is 2. The van der Waals surface area contributed by atoms with E-state index in [2.05, 4.69) is 153 Å². The first-order chi connectivity index (χ1) is 68.5. The van der Waals surface area contributed by atoms with Crippen LogP contribution in [-0.2, 0) is 78.8 Å². The van der Waals surface area contributed by atoms with Crippen molar-refractivity contribution < 1.29 is 99.9 Å². The van der Waals surface area contributed by atoms with Gasteiger partial charge in [-0.15, -0.1) is 6.42 Å². The number of hydrogen-bond acceptors (Lipinski definition) is 25. The number of H-pyrrole nitrogens is 2. The van der Waals surface area contributed by atoms with Gasteiger partial charge in [0.15, 0.2) is 31.0 Å². The van der Waals surface area contributed by atoms with Crippen molar-refractivity contribution in [2.24, 2.45) is 5.92 Å². The monoisotopic (exact) mass is 2070 g/mol. The number of nitrogens with one attached hydrogen (secondary N) is 4. The van der Waals surface area contributed by atoms with E-state index in [4.69, 9.17) is 114 Å². The molecule has 3 saturated heterocycles. The SMILES string of the molecule is [C-]#[N+]CCOP(C)OC1CC(n2ccc(NC(=O)c3cc(OC#CC#CC#CC#CC#CC#CC#CC#C)c(OCCCCCCCCCCCCCCCCCC)c(OCCCCCCCCCCCCCCCCCC)c3)nc2=O)OC1COP(=S)(OCC[N+]#[C-])OC1CC(n2cnc3c(=O)[nH]c(NC(=O)C(C)C)nc32)OC1COP(=S)(OCC[N+]#[C-])OC1CC(n2cc(C)c(=O)[nH]c2=O)OC1CC.[HH].[HH].[HH].[HH].[HH].[HH].[HH].[HH].[HH].[HH].[HH].[HH].[HH].[HH].[HH].[HH].[HH].[HH]. The summed E-state index contributed by atoms with van der Waals surface area (Å²) in [5, 5.41) is 5.41. The lowest BCUT2D eigenvalue weighted by atomic mass is 10.0. The predicted octanol–water partition coefficient (Wildman–Crippen LogP) is 23.4. The predicted molar refractivity (Wildman–Crippen MR) is 589 cm³/mol. The molecule has 0 aliphatic carbocycles. The molecular weight excluding hydrogens is 1900 g/mol. The largest absolute Gasteiger partial charge is 0.490 e. The molecule has 3 aliphatic rings. The number of aromatic nitrogens is 8. The van der Waals surface area contributed by atoms with Crippen molar-refractivity contribution in [3.63, 3.8) is 0 Å². The summed E-state index contributed by atoms with van der Waals surface area (Å²) in [6.07, 6.45) is 41.7. The first-order valence-corrected chi connectivity index (χ1v) is 56.0. The van der Waals surface area contributed by atoms with Gasteiger partial charge in [0.1, 0.15) is 62.6 Å². The van der Waals surface area contributed by atoms with Gasteiger partial charge in [-0.3, -0.25) is 48.2 Å². The molecule has 0 saturated carbocycles. The number of nitrogens with zero attached hydrogens (tertiary/aromatic N) is 9. The highest BCUT2D eigenvalue weighted by Crippen LogP contribution is 2.58. The molecule has 33 nitrogen and oxygen atoms in total. The minimum atomic E-state index is -4.18. The molecule has 4 aromatic heterocycles. The van der Waals surface area contributed by atoms with Crippen LogP contribution < -0.4 is 47.3 Å². The molecule has 5 aromatic rings. The van der Waals surface area contributed by atoms with Gasteiger partial charge >= 0.3 is 24.8 Å². The van der Waals surface area contributed by atoms with Crippen molar-refractivity contribution in [3.8, 4) is 113 Å². The van der Waals surface area contributed by atoms with Crippen molar-refractivity contribution in [1.82, 2.24) is 38.6 Å². The Morgan fingerprint density at radius 3 is 1.52 bits per heavy atom. The molecule has 0 spiro atoms. The number of rotatable bonds is 66. The van der Waals surface area contributed by atoms with E-state index in [9.17, 15) is 28.8 Å². The van der Waals surface area contributed by atoms with E-state index in [0.717, 1.165) is 51.4 Å². The van der Waals surface area contributed by atoms with Crippen LogP contribution in [0.2, 0.25) is 0 Å². The molecule has 794 valence electrons. The molecule has 141 heavy (non-hydrogen) atoms. The van der Waals surface area contributed by atoms with Gasteiger partial charge in [-0.2, -0.15) is 9.97 Å². The summed E-state index contributed by atoms with van der Waals surface area (Å²) in [7, 11) is -1.73. The molecule has 2 amide bonds. The number of terminal acetylenes is 1. The summed E-state index contributed by atoms with van der Waals surface area (Å²) in [5.74, 6) is 34.0. The second-order valence-corrected chi connectivity index (χ2v) is 41.7. The Morgan fingerprint density at radius 1 is 0.560 bits per heavy atom. The zero-order valence-corrected chi connectivity index (χ0v) is 86.5. The zero-order chi connectivity index (χ0) is 101. The summed E-state index contributed by atoms with van der Waals surface area (Å²) >= 11 is 12.4. The minimum Gasteiger partial charge on any atom is -0.490 e. The maximum absolute atomic E-state index is 14.8. The van der Waals surface area contributed by atoms with Gasteiger partial charge in [0.2, 0.25) is 37.2 Å². The average Bonchev–Trinajstić information content (AvgIpc) is 1.62. The fraction of sp³-hybridized carbons (Fsp3) is 0.612. The Bertz CT molecular complexity index is 5940. The third-order valence-electron chi connectivity index (χ3n) is 23.1. The zero-order valence-electron chi connectivity index (χ0n) is 82.2. The van der Waals surface area contributed by atoms with Crippen molar-refractivity contribution in [1.29, 1.82) is 0 Å². The standard InChI is InChI=1S/C103H134N13O20P3S2.18H2/c1-12-16-19-22-25-28-31-34-37-39-42-45-48-51-54-57-65-124-87-71-81(70-86(123-64-56-53-50-47-44-41-36-33-30-27-24-21-18-14-3)95(87)125-66-58-55-52-49-46-43-40-38-35-32-29-26-23-20-17-13-2)99(119)108-90-59-63-114(102(121)109-90)91-72-83(134-137(11)126-67-60-104-8)88(132-91)76-129-139(141,128-69-62-106-10)136-85-74-93(116-78-107-94-96(116)110-101(112-100(94)120)111-97(117)79(5)6)133-89(85)77-130-138(140,127-68-61-105-9)135-84-73-92(131-82(84)15-4)115-75-80(7)98(118)113-103(115)122;;;;;;;;;;;;;;;;;;/h3,59,63,70-71,75,78-79,82-85,88-89,91-93H,12-13,15-17,19-20,22-23,25-26,28-29,31-32,34-35,37-40,42-43,45-46,48-49,51-52,54-55,57-58,60-62,65-69,72-74,76-77H2,1-2,4-7,11H3,(H,113,118,122)(H,108,109,119,121)(H2,110,111,112,117,120);18*1H. The van der Waals surface area contributed by atoms with Crippen molar-refractivity contribution in [2.75, 3.05) is 83.2 Å². The van der Waals surface area contributed by atoms with Crippen molar-refractivity contribution in [2.45, 2.75) is 328 Å². The number of ether oxygens (including phenoxy) is 6. The van der Waals surface area contributed by atoms with E-state index in [1.165, 1.54) is 199 Å². The summed E-state index contributed by atoms with van der Waals surface area (Å²) < 4.78 is 94.7. The molecule has 1 aromatic carbocycles. The maximum atomic E-state index is 14.8. The summed E-state index contributed by atoms with van der Waals surface area (Å²) in [4.78, 5) is 110. The Balaban J connectivity index is -0.00000135. The van der Waals surface area contributed by atoms with Crippen LogP contribution in [0.25, 0.3) is 25.7 Å². The maximum Gasteiger partial charge on any atom is 0.351 e. The third-order valence-corrected chi connectivity index (χ3v) is 29.0. The Labute approximate surface area is 868 Å². The van der Waals surface area contributed by atoms with Crippen LogP contribution in [-0.4, -0.2) is 160 Å². The fourth-order valence-electron chi connectivity index (χ4n) is 15.6. The van der Waals surface area contributed by atoms with Gasteiger partial charge < -0.3 is 84.5 Å². The highest BCUT2D eigenvalue weighted by molar-refractivity contribution is 8.07. The second kappa shape index (κ2) is 66.5. The smallest absolute Gasteiger partial charge is 0.351 e. The summed E-state index contributed by atoms with van der Waals surface area (Å²) in [6.45, 7) is 26.4. The van der Waals surface area contributed by atoms with Gasteiger partial charge in [0.05, 0.1) is 57.2 Å². The quantitative estimate of drug-likeness (QED) is 0.0122. The number of imidazole rings is 1. The van der Waals surface area contributed by atoms with Crippen LogP contribution in [0.5, 0.6) is 17.2 Å². The molecule has 3 fully saturated rings. The second-order valence-electron chi connectivity index (χ2n) is 34.4. The van der Waals surface area contributed by atoms with Gasteiger partial charge in [0.25, 0.3) is 17.0 Å². The summed E-state index contributed by atoms with van der Waals surface area (Å²) in [5.41, 5.74) is -2.59. The summed E-state index contributed by atoms with van der Waals surface area (Å²) in [6, 6.07) is 4.46. The molecule has 7 heterocycles. The van der Waals surface area contributed by atoms with Gasteiger partial charge in [0, 0.05) is 122 Å². The van der Waals surface area contributed by atoms with E-state index >= 15 is 0 Å². The number of aromatic amines is 2. The number of carbonyl (C=O) groups is 2. The number of benzene rings is 1. The number of hydrogen-bond donors (Lipinski definition) is 4. The van der Waals surface area contributed by atoms with Gasteiger partial charge in [-0.25, -0.2) is 34.3 Å². The normalized spacial score (nSPS) is 18.2. The van der Waals surface area contributed by atoms with Crippen molar-refractivity contribution in [3.05, 3.63) is 124 Å². The lowest BCUT2D eigenvalue weighted by Crippen LogP contribution is -2.33. The first kappa shape index (κ1) is 116. The number of fused-ring (bicyclic) bond motifs is 1. The van der Waals surface area contributed by atoms with Crippen molar-refractivity contribution >= 4 is 80.2 Å². The lowest BCUT2D eigenvalue weighted by Gasteiger charge is -2.30. The number of unbranched alkanes of at least 4 members (excludes halogenated alkanes) is 30. The third kappa shape index (κ3) is 42.3. The number of amides is 2. The number of carbonyl (C=O) groups excluding carboxylic acids is 2. The van der Waals surface area contributed by atoms with Crippen LogP contribution >= 0.6 is 21.8 Å². The topological polar surface area (TPSA) is 354 Å². The molecule has 8 rings (SSSR count). The molecule has 0 radical (unpaired) electrons. The lowest BCUT2D eigenvalue weighted by molar-refractivity contribution is -0.119. The fourth-order valence-corrected chi connectivity index (χ4v) is 20.9. The molecule has 38 heteroatoms. The van der Waals surface area contributed by atoms with E-state index in [0.29, 0.717) is 19.6 Å². The number of aryl methyl sites for hydroxylation is 1. The van der Waals surface area contributed by atoms with Crippen LogP contribution in [0, 0.1) is 128 Å². The van der Waals surface area contributed by atoms with Crippen LogP contribution in [0.1, 0.15) is 326 Å². The van der Waals surface area contributed by atoms with Gasteiger partial charge in [-0.1, -0.05) is 227 Å². The molecule has 3 aliphatic heterocycles. The molecule has 0 bridgehead atoms. The van der Waals surface area contributed by atoms with E-state index in [-0.39, 0.29) is 136 Å². The van der Waals surface area contributed by atoms with Crippen LogP contribution in [0.3, 0.4) is 0 Å².